The Morgan fingerprint density at radius 1 is 1.00 bits per heavy atom. The smallest absolute Gasteiger partial charge is 0.0355 e. The standard InChI is InChI=1S/C6H15P.HPS/c1-4-7(5-2)6-3;1-2/h4-6H2,1-3H3;1H. The lowest BCUT2D eigenvalue weighted by Crippen LogP contribution is -1.83. The van der Waals surface area contributed by atoms with E-state index in [0.29, 0.717) is 7.92 Å². The highest BCUT2D eigenvalue weighted by atomic mass is 32.4. The highest BCUT2D eigenvalue weighted by Gasteiger charge is 1.94. The third-order valence-electron chi connectivity index (χ3n) is 1.34. The summed E-state index contributed by atoms with van der Waals surface area (Å²) in [6, 6.07) is 0. The Morgan fingerprint density at radius 2 is 1.22 bits per heavy atom. The lowest BCUT2D eigenvalue weighted by molar-refractivity contribution is 1.35. The average molecular weight is 182 g/mol. The van der Waals surface area contributed by atoms with Crippen LogP contribution in [-0.4, -0.2) is 18.5 Å². The summed E-state index contributed by atoms with van der Waals surface area (Å²) in [7, 11) is 3.00. The summed E-state index contributed by atoms with van der Waals surface area (Å²) in [6.45, 7) is 6.87. The molecule has 56 valence electrons. The Balaban J connectivity index is 0. The normalized spacial score (nSPS) is 8.44. The molecule has 0 heterocycles. The first-order valence-corrected chi connectivity index (χ1v) is 6.80. The molecular formula is C6H16P2S. The van der Waals surface area contributed by atoms with Crippen LogP contribution in [0.4, 0.5) is 0 Å². The molecule has 0 amide bonds. The first kappa shape index (κ1) is 12.6. The topological polar surface area (TPSA) is 0 Å². The van der Waals surface area contributed by atoms with E-state index in [2.05, 4.69) is 40.6 Å². The number of hydrogen-bond acceptors (Lipinski definition) is 1. The molecule has 0 aliphatic heterocycles. The van der Waals surface area contributed by atoms with E-state index in [9.17, 15) is 0 Å². The SMILES string of the molecule is CCP(CC)CC.P=S. The lowest BCUT2D eigenvalue weighted by Gasteiger charge is -2.07. The van der Waals surface area contributed by atoms with Gasteiger partial charge in [-0.25, -0.2) is 0 Å². The lowest BCUT2D eigenvalue weighted by atomic mass is 10.9. The molecule has 0 fully saturated rings. The minimum atomic E-state index is 0.446. The maximum Gasteiger partial charge on any atom is -0.0355 e. The Bertz CT molecular complexity index is 40.8. The monoisotopic (exact) mass is 182 g/mol. The first-order chi connectivity index (χ1) is 4.35. The zero-order valence-corrected chi connectivity index (χ0v) is 9.19. The van der Waals surface area contributed by atoms with Crippen molar-refractivity contribution >= 4 is 27.7 Å². The van der Waals surface area contributed by atoms with E-state index in [1.165, 1.54) is 18.5 Å². The summed E-state index contributed by atoms with van der Waals surface area (Å²) >= 11 is 3.89. The minimum absolute atomic E-state index is 0.446. The molecule has 0 atom stereocenters. The zero-order valence-electron chi connectivity index (χ0n) is 6.48. The molecule has 0 aliphatic rings. The molecule has 0 saturated carbocycles. The molecule has 0 rings (SSSR count). The maximum absolute atomic E-state index is 3.89. The molecular weight excluding hydrogens is 166 g/mol. The third kappa shape index (κ3) is 8.95. The fraction of sp³-hybridized carbons (Fsp3) is 1.00. The van der Waals surface area contributed by atoms with Gasteiger partial charge in [0.2, 0.25) is 0 Å². The van der Waals surface area contributed by atoms with Gasteiger partial charge in [-0.15, -0.1) is 7.92 Å². The van der Waals surface area contributed by atoms with Crippen molar-refractivity contribution in [3.05, 3.63) is 0 Å². The zero-order chi connectivity index (χ0) is 7.70. The van der Waals surface area contributed by atoms with Crippen molar-refractivity contribution in [3.63, 3.8) is 0 Å². The average Bonchev–Trinajstić information content (AvgIpc) is 1.96. The molecule has 0 aromatic rings. The van der Waals surface area contributed by atoms with Crippen molar-refractivity contribution in [1.29, 1.82) is 0 Å². The fourth-order valence-electron chi connectivity index (χ4n) is 0.671. The van der Waals surface area contributed by atoms with Crippen LogP contribution in [0, 0.1) is 0 Å². The predicted molar refractivity (Wildman–Crippen MR) is 54.2 cm³/mol. The highest BCUT2D eigenvalue weighted by Crippen LogP contribution is 2.32. The van der Waals surface area contributed by atoms with Gasteiger partial charge in [-0.3, -0.25) is 0 Å². The quantitative estimate of drug-likeness (QED) is 0.604. The van der Waals surface area contributed by atoms with Crippen molar-refractivity contribution in [1.82, 2.24) is 0 Å². The van der Waals surface area contributed by atoms with Gasteiger partial charge in [0.25, 0.3) is 0 Å². The first-order valence-electron chi connectivity index (χ1n) is 3.27. The van der Waals surface area contributed by atoms with Crippen molar-refractivity contribution in [2.24, 2.45) is 0 Å². The molecule has 0 aromatic carbocycles. The van der Waals surface area contributed by atoms with E-state index < -0.39 is 0 Å². The maximum atomic E-state index is 3.89. The molecule has 0 N–H and O–H groups in total. The summed E-state index contributed by atoms with van der Waals surface area (Å²) in [4.78, 5) is 0. The molecule has 0 nitrogen and oxygen atoms in total. The molecule has 0 spiro atoms. The van der Waals surface area contributed by atoms with E-state index in [1.54, 1.807) is 0 Å². The molecule has 3 heteroatoms. The van der Waals surface area contributed by atoms with E-state index in [4.69, 9.17) is 0 Å². The van der Waals surface area contributed by atoms with Crippen LogP contribution in [0.1, 0.15) is 20.8 Å². The van der Waals surface area contributed by atoms with Crippen LogP contribution in [0.2, 0.25) is 0 Å². The molecule has 0 bridgehead atoms. The summed E-state index contributed by atoms with van der Waals surface area (Å²) in [6.07, 6.45) is 4.26. The van der Waals surface area contributed by atoms with Gasteiger partial charge in [0.15, 0.2) is 0 Å². The summed E-state index contributed by atoms with van der Waals surface area (Å²) in [5.41, 5.74) is 0. The third-order valence-corrected chi connectivity index (χ3v) is 4.02. The molecule has 0 unspecified atom stereocenters. The Labute approximate surface area is 67.4 Å². The van der Waals surface area contributed by atoms with Crippen molar-refractivity contribution in [3.8, 4) is 0 Å². The largest absolute Gasteiger partial charge is 0.108 e. The van der Waals surface area contributed by atoms with Gasteiger partial charge in [0.1, 0.15) is 0 Å². The molecule has 0 radical (unpaired) electrons. The van der Waals surface area contributed by atoms with E-state index in [-0.39, 0.29) is 0 Å². The Hall–Kier alpha value is 0.950. The predicted octanol–water partition coefficient (Wildman–Crippen LogP) is 3.12. The van der Waals surface area contributed by atoms with Gasteiger partial charge in [-0.1, -0.05) is 32.6 Å². The van der Waals surface area contributed by atoms with Crippen LogP contribution in [0.15, 0.2) is 0 Å². The van der Waals surface area contributed by atoms with E-state index >= 15 is 0 Å². The number of rotatable bonds is 3. The van der Waals surface area contributed by atoms with Crippen LogP contribution < -0.4 is 0 Å². The van der Waals surface area contributed by atoms with Crippen LogP contribution in [-0.2, 0) is 11.8 Å². The van der Waals surface area contributed by atoms with Gasteiger partial charge in [-0.05, 0) is 26.5 Å². The second-order valence-corrected chi connectivity index (χ2v) is 4.86. The summed E-state index contributed by atoms with van der Waals surface area (Å²) < 4.78 is 0. The highest BCUT2D eigenvalue weighted by molar-refractivity contribution is 7.88. The van der Waals surface area contributed by atoms with Gasteiger partial charge < -0.3 is 0 Å². The van der Waals surface area contributed by atoms with Crippen molar-refractivity contribution in [2.75, 3.05) is 18.5 Å². The van der Waals surface area contributed by atoms with Crippen LogP contribution in [0.25, 0.3) is 0 Å². The summed E-state index contributed by atoms with van der Waals surface area (Å²) in [5.74, 6) is 0. The second-order valence-electron chi connectivity index (χ2n) is 1.62. The Morgan fingerprint density at radius 3 is 1.22 bits per heavy atom. The van der Waals surface area contributed by atoms with Gasteiger partial charge >= 0.3 is 0 Å². The molecule has 9 heavy (non-hydrogen) atoms. The van der Waals surface area contributed by atoms with Crippen molar-refractivity contribution < 1.29 is 0 Å². The van der Waals surface area contributed by atoms with E-state index in [0.717, 1.165) is 0 Å². The van der Waals surface area contributed by atoms with Gasteiger partial charge in [0.05, 0.1) is 0 Å². The molecule has 0 aliphatic carbocycles. The summed E-state index contributed by atoms with van der Waals surface area (Å²) in [5, 5.41) is 0. The Kier molecular flexibility index (Phi) is 16.4. The minimum Gasteiger partial charge on any atom is -0.108 e. The second kappa shape index (κ2) is 11.7. The van der Waals surface area contributed by atoms with Crippen LogP contribution >= 0.6 is 15.9 Å². The molecule has 0 saturated heterocycles. The van der Waals surface area contributed by atoms with Gasteiger partial charge in [0, 0.05) is 0 Å². The number of hydrogen-bond donors (Lipinski definition) is 0. The van der Waals surface area contributed by atoms with Gasteiger partial charge in [-0.2, -0.15) is 0 Å². The van der Waals surface area contributed by atoms with Crippen LogP contribution in [0.5, 0.6) is 0 Å². The van der Waals surface area contributed by atoms with Crippen LogP contribution in [0.3, 0.4) is 0 Å². The van der Waals surface area contributed by atoms with Crippen molar-refractivity contribution in [2.45, 2.75) is 20.8 Å². The van der Waals surface area contributed by atoms with E-state index in [1.807, 2.05) is 0 Å². The fourth-order valence-corrected chi connectivity index (χ4v) is 2.01. The molecule has 0 aromatic heterocycles.